The third-order valence-corrected chi connectivity index (χ3v) is 14.6. The molecule has 2 aromatic rings. The van der Waals surface area contributed by atoms with Gasteiger partial charge in [-0.3, -0.25) is 0 Å². The summed E-state index contributed by atoms with van der Waals surface area (Å²) in [7, 11) is 0. The molecule has 1 aliphatic rings. The fourth-order valence-electron chi connectivity index (χ4n) is 6.15. The van der Waals surface area contributed by atoms with Crippen LogP contribution in [-0.2, 0) is 4.57 Å². The summed E-state index contributed by atoms with van der Waals surface area (Å²) < 4.78 is 10.3. The zero-order valence-electron chi connectivity index (χ0n) is 18.3. The molecule has 0 radical (unpaired) electrons. The molecule has 0 bridgehead atoms. The van der Waals surface area contributed by atoms with E-state index in [1.807, 2.05) is 0 Å². The standard InChI is InChI=1S/C24H35AsB2O/c1-6-23(7-2)24(8-3,27(10-5)28-26(23)9-4)25(21-17-13-11-14-18-21)22-19-15-12-16-20-22/h11-20H,6-10H2,1-5H3. The molecule has 0 aliphatic carbocycles. The summed E-state index contributed by atoms with van der Waals surface area (Å²) in [6.07, 6.45) is 5.84. The Hall–Kier alpha value is -0.912. The predicted molar refractivity (Wildman–Crippen MR) is 128 cm³/mol. The van der Waals surface area contributed by atoms with Crippen molar-refractivity contribution in [2.45, 2.75) is 75.9 Å². The van der Waals surface area contributed by atoms with Crippen LogP contribution in [0.3, 0.4) is 0 Å². The van der Waals surface area contributed by atoms with Crippen LogP contribution in [0.25, 0.3) is 0 Å². The Balaban J connectivity index is 2.32. The molecule has 1 atom stereocenters. The van der Waals surface area contributed by atoms with Gasteiger partial charge in [0.1, 0.15) is 0 Å². The molecule has 1 saturated heterocycles. The molecular weight excluding hydrogens is 401 g/mol. The van der Waals surface area contributed by atoms with E-state index in [1.165, 1.54) is 19.3 Å². The van der Waals surface area contributed by atoms with Crippen LogP contribution in [0.4, 0.5) is 0 Å². The summed E-state index contributed by atoms with van der Waals surface area (Å²) in [5, 5.41) is 0.253. The van der Waals surface area contributed by atoms with Crippen molar-refractivity contribution >= 4 is 37.2 Å². The molecule has 4 heteroatoms. The summed E-state index contributed by atoms with van der Waals surface area (Å²) in [6.45, 7) is 12.7. The Morgan fingerprint density at radius 1 is 0.679 bits per heavy atom. The van der Waals surface area contributed by atoms with E-state index in [0.717, 1.165) is 12.6 Å². The first-order valence-corrected chi connectivity index (χ1v) is 14.0. The first kappa shape index (κ1) is 21.8. The average Bonchev–Trinajstić information content (AvgIpc) is 3.05. The summed E-state index contributed by atoms with van der Waals surface area (Å²) in [6, 6.07) is 22.8. The van der Waals surface area contributed by atoms with Crippen molar-refractivity contribution in [3.63, 3.8) is 0 Å². The maximum absolute atomic E-state index is 6.92. The molecule has 1 unspecified atom stereocenters. The van der Waals surface area contributed by atoms with Crippen molar-refractivity contribution < 1.29 is 4.57 Å². The Morgan fingerprint density at radius 2 is 1.14 bits per heavy atom. The first-order chi connectivity index (χ1) is 13.6. The molecule has 0 amide bonds. The van der Waals surface area contributed by atoms with Gasteiger partial charge < -0.3 is 0 Å². The summed E-state index contributed by atoms with van der Waals surface area (Å²) >= 11 is -1.65. The Labute approximate surface area is 178 Å². The number of hydrogen-bond acceptors (Lipinski definition) is 1. The van der Waals surface area contributed by atoms with Crippen LogP contribution in [0.15, 0.2) is 60.7 Å². The molecule has 2 aromatic carbocycles. The second kappa shape index (κ2) is 9.27. The van der Waals surface area contributed by atoms with Gasteiger partial charge in [-0.25, -0.2) is 0 Å². The minimum absolute atomic E-state index is 0.238. The predicted octanol–water partition coefficient (Wildman–Crippen LogP) is 5.60. The second-order valence-corrected chi connectivity index (χ2v) is 13.3. The molecule has 1 aliphatic heterocycles. The van der Waals surface area contributed by atoms with Crippen LogP contribution < -0.4 is 8.70 Å². The number of hydrogen-bond donors (Lipinski definition) is 0. The van der Waals surface area contributed by atoms with Crippen LogP contribution in [0.1, 0.15) is 53.9 Å². The van der Waals surface area contributed by atoms with E-state index in [0.29, 0.717) is 13.8 Å². The van der Waals surface area contributed by atoms with Gasteiger partial charge in [0.25, 0.3) is 0 Å². The van der Waals surface area contributed by atoms with E-state index in [2.05, 4.69) is 95.3 Å². The fourth-order valence-corrected chi connectivity index (χ4v) is 14.4. The molecule has 1 fully saturated rings. The molecule has 1 nitrogen and oxygen atoms in total. The monoisotopic (exact) mass is 436 g/mol. The summed E-state index contributed by atoms with van der Waals surface area (Å²) in [4.78, 5) is 0. The van der Waals surface area contributed by atoms with E-state index in [9.17, 15) is 0 Å². The van der Waals surface area contributed by atoms with Crippen molar-refractivity contribution in [3.8, 4) is 0 Å². The molecule has 148 valence electrons. The molecule has 3 rings (SSSR count). The van der Waals surface area contributed by atoms with Gasteiger partial charge in [-0.15, -0.1) is 0 Å². The van der Waals surface area contributed by atoms with Gasteiger partial charge in [0.2, 0.25) is 0 Å². The third-order valence-electron chi connectivity index (χ3n) is 7.31. The van der Waals surface area contributed by atoms with E-state index >= 15 is 0 Å². The average molecular weight is 436 g/mol. The topological polar surface area (TPSA) is 9.23 Å². The van der Waals surface area contributed by atoms with Gasteiger partial charge in [-0.1, -0.05) is 0 Å². The van der Waals surface area contributed by atoms with Gasteiger partial charge >= 0.3 is 178 Å². The second-order valence-electron chi connectivity index (χ2n) is 8.08. The van der Waals surface area contributed by atoms with Gasteiger partial charge in [0.15, 0.2) is 0 Å². The fraction of sp³-hybridized carbons (Fsp3) is 0.500. The quantitative estimate of drug-likeness (QED) is 0.490. The van der Waals surface area contributed by atoms with Gasteiger partial charge in [0, 0.05) is 0 Å². The van der Waals surface area contributed by atoms with E-state index in [-0.39, 0.29) is 9.42 Å². The van der Waals surface area contributed by atoms with Crippen LogP contribution in [-0.4, -0.2) is 28.5 Å². The summed E-state index contributed by atoms with van der Waals surface area (Å²) in [5.41, 5.74) is 0. The third kappa shape index (κ3) is 3.23. The van der Waals surface area contributed by atoms with Crippen molar-refractivity contribution in [2.75, 3.05) is 0 Å². The van der Waals surface area contributed by atoms with Crippen LogP contribution >= 0.6 is 0 Å². The van der Waals surface area contributed by atoms with Crippen molar-refractivity contribution in [2.24, 2.45) is 0 Å². The van der Waals surface area contributed by atoms with Gasteiger partial charge in [-0.2, -0.15) is 0 Å². The number of rotatable bonds is 8. The molecular formula is C24H35AsB2O. The Kier molecular flexibility index (Phi) is 7.21. The van der Waals surface area contributed by atoms with E-state index < -0.39 is 14.7 Å². The molecule has 1 heterocycles. The molecule has 0 N–H and O–H groups in total. The van der Waals surface area contributed by atoms with Crippen LogP contribution in [0.5, 0.6) is 0 Å². The van der Waals surface area contributed by atoms with E-state index in [4.69, 9.17) is 4.57 Å². The van der Waals surface area contributed by atoms with Crippen molar-refractivity contribution in [1.82, 2.24) is 0 Å². The van der Waals surface area contributed by atoms with Crippen LogP contribution in [0.2, 0.25) is 22.1 Å². The van der Waals surface area contributed by atoms with Gasteiger partial charge in [-0.05, 0) is 0 Å². The Morgan fingerprint density at radius 3 is 1.50 bits per heavy atom. The van der Waals surface area contributed by atoms with Crippen molar-refractivity contribution in [3.05, 3.63) is 60.7 Å². The molecule has 28 heavy (non-hydrogen) atoms. The minimum atomic E-state index is -1.65. The van der Waals surface area contributed by atoms with Crippen LogP contribution in [0, 0.1) is 0 Å². The SMILES string of the molecule is CCB1OB(CC)C(CC)([As](c2ccccc2)c2ccccc2)C1(CC)CC. The molecule has 0 aromatic heterocycles. The zero-order valence-corrected chi connectivity index (χ0v) is 20.2. The number of benzene rings is 2. The van der Waals surface area contributed by atoms with E-state index in [1.54, 1.807) is 8.70 Å². The first-order valence-electron chi connectivity index (χ1n) is 11.2. The summed E-state index contributed by atoms with van der Waals surface area (Å²) in [5.74, 6) is 0. The maximum atomic E-state index is 6.92. The molecule has 0 saturated carbocycles. The Bertz CT molecular complexity index is 695. The molecule has 0 spiro atoms. The normalized spacial score (nSPS) is 21.5. The van der Waals surface area contributed by atoms with Crippen molar-refractivity contribution in [1.29, 1.82) is 0 Å². The van der Waals surface area contributed by atoms with Gasteiger partial charge in [0.05, 0.1) is 0 Å². The zero-order chi connectivity index (χ0) is 20.2.